The highest BCUT2D eigenvalue weighted by Gasteiger charge is 2.33. The van der Waals surface area contributed by atoms with Crippen LogP contribution in [0.4, 0.5) is 13.2 Å². The van der Waals surface area contributed by atoms with Crippen LogP contribution in [0.25, 0.3) is 5.65 Å². The highest BCUT2D eigenvalue weighted by molar-refractivity contribution is 6.33. The van der Waals surface area contributed by atoms with Crippen molar-refractivity contribution >= 4 is 17.2 Å². The van der Waals surface area contributed by atoms with Crippen molar-refractivity contribution in [3.63, 3.8) is 0 Å². The third-order valence-corrected chi connectivity index (χ3v) is 3.78. The van der Waals surface area contributed by atoms with Gasteiger partial charge in [-0.15, -0.1) is 10.2 Å². The summed E-state index contributed by atoms with van der Waals surface area (Å²) in [6.45, 7) is 0. The maximum Gasteiger partial charge on any atom is 0.417 e. The van der Waals surface area contributed by atoms with Gasteiger partial charge in [0.25, 0.3) is 0 Å². The van der Waals surface area contributed by atoms with Crippen LogP contribution in [0.3, 0.4) is 0 Å². The second-order valence-corrected chi connectivity index (χ2v) is 5.50. The van der Waals surface area contributed by atoms with Gasteiger partial charge in [-0.3, -0.25) is 4.40 Å². The zero-order valence-electron chi connectivity index (χ0n) is 10.4. The normalized spacial score (nSPS) is 17.6. The lowest BCUT2D eigenvalue weighted by molar-refractivity contribution is -0.137. The van der Waals surface area contributed by atoms with Gasteiger partial charge in [0.05, 0.1) is 10.6 Å². The van der Waals surface area contributed by atoms with Crippen LogP contribution in [0.5, 0.6) is 0 Å². The van der Waals surface area contributed by atoms with Crippen LogP contribution in [0.2, 0.25) is 5.02 Å². The molecule has 1 atom stereocenters. The molecule has 0 aliphatic heterocycles. The minimum atomic E-state index is -4.46. The van der Waals surface area contributed by atoms with Crippen LogP contribution in [0, 0.1) is 5.92 Å². The van der Waals surface area contributed by atoms with Gasteiger partial charge >= 0.3 is 6.18 Å². The molecule has 2 aromatic heterocycles. The fourth-order valence-electron chi connectivity index (χ4n) is 2.20. The Bertz CT molecular complexity index is 648. The Labute approximate surface area is 117 Å². The number of rotatable bonds is 3. The molecule has 2 aromatic rings. The largest absolute Gasteiger partial charge is 0.417 e. The van der Waals surface area contributed by atoms with Crippen LogP contribution in [-0.2, 0) is 12.6 Å². The predicted octanol–water partition coefficient (Wildman–Crippen LogP) is 2.68. The second kappa shape index (κ2) is 4.60. The lowest BCUT2D eigenvalue weighted by Gasteiger charge is -2.11. The summed E-state index contributed by atoms with van der Waals surface area (Å²) in [5.74, 6) is 0.844. The van der Waals surface area contributed by atoms with Gasteiger partial charge in [0.15, 0.2) is 5.65 Å². The van der Waals surface area contributed by atoms with Crippen molar-refractivity contribution in [1.82, 2.24) is 14.6 Å². The summed E-state index contributed by atoms with van der Waals surface area (Å²) in [5, 5.41) is 7.67. The molecule has 1 aliphatic carbocycles. The minimum absolute atomic E-state index is 0.0708. The molecule has 20 heavy (non-hydrogen) atoms. The molecule has 0 saturated heterocycles. The average Bonchev–Trinajstić information content (AvgIpc) is 3.12. The molecule has 1 saturated carbocycles. The van der Waals surface area contributed by atoms with Gasteiger partial charge in [-0.1, -0.05) is 11.6 Å². The van der Waals surface area contributed by atoms with Crippen molar-refractivity contribution in [2.75, 3.05) is 0 Å². The van der Waals surface area contributed by atoms with E-state index in [0.29, 0.717) is 18.2 Å². The number of halogens is 4. The number of nitrogens with zero attached hydrogens (tertiary/aromatic N) is 3. The quantitative estimate of drug-likeness (QED) is 0.948. The lowest BCUT2D eigenvalue weighted by Crippen LogP contribution is -2.26. The van der Waals surface area contributed by atoms with Gasteiger partial charge in [0.1, 0.15) is 5.82 Å². The molecule has 2 N–H and O–H groups in total. The van der Waals surface area contributed by atoms with E-state index in [1.807, 2.05) is 0 Å². The molecule has 0 aromatic carbocycles. The zero-order chi connectivity index (χ0) is 14.5. The number of alkyl halides is 3. The third kappa shape index (κ3) is 2.47. The Hall–Kier alpha value is -1.34. The third-order valence-electron chi connectivity index (χ3n) is 3.50. The van der Waals surface area contributed by atoms with Gasteiger partial charge < -0.3 is 5.73 Å². The molecule has 1 fully saturated rings. The first-order valence-corrected chi connectivity index (χ1v) is 6.60. The van der Waals surface area contributed by atoms with E-state index in [1.54, 1.807) is 0 Å². The van der Waals surface area contributed by atoms with Crippen molar-refractivity contribution in [3.8, 4) is 0 Å². The van der Waals surface area contributed by atoms with E-state index >= 15 is 0 Å². The Morgan fingerprint density at radius 3 is 2.70 bits per heavy atom. The highest BCUT2D eigenvalue weighted by Crippen LogP contribution is 2.34. The smallest absolute Gasteiger partial charge is 0.327 e. The summed E-state index contributed by atoms with van der Waals surface area (Å²) in [6.07, 6.45) is -0.976. The summed E-state index contributed by atoms with van der Waals surface area (Å²) in [7, 11) is 0. The van der Waals surface area contributed by atoms with Gasteiger partial charge in [-0.2, -0.15) is 13.2 Å². The van der Waals surface area contributed by atoms with E-state index in [1.165, 1.54) is 4.40 Å². The highest BCUT2D eigenvalue weighted by atomic mass is 35.5. The Kier molecular flexibility index (Phi) is 3.13. The van der Waals surface area contributed by atoms with E-state index in [2.05, 4.69) is 10.2 Å². The number of fused-ring (bicyclic) bond motifs is 1. The molecule has 0 spiro atoms. The monoisotopic (exact) mass is 304 g/mol. The zero-order valence-corrected chi connectivity index (χ0v) is 11.1. The van der Waals surface area contributed by atoms with Crippen molar-refractivity contribution < 1.29 is 13.2 Å². The molecule has 0 bridgehead atoms. The molecular formula is C12H12ClF3N4. The summed E-state index contributed by atoms with van der Waals surface area (Å²) in [5.41, 5.74) is 5.38. The Balaban J connectivity index is 2.02. The standard InChI is InChI=1S/C12H12ClF3N4/c13-8-3-7(12(14,15)16)5-20-10(18-19-11(8)20)4-9(17)6-1-2-6/h3,5-6,9H,1-2,4,17H2. The second-order valence-electron chi connectivity index (χ2n) is 5.09. The molecule has 4 nitrogen and oxygen atoms in total. The first-order valence-electron chi connectivity index (χ1n) is 6.22. The fourth-order valence-corrected chi connectivity index (χ4v) is 2.44. The molecule has 8 heteroatoms. The van der Waals surface area contributed by atoms with E-state index in [0.717, 1.165) is 25.1 Å². The molecule has 0 amide bonds. The summed E-state index contributed by atoms with van der Waals surface area (Å²) in [4.78, 5) is 0. The van der Waals surface area contributed by atoms with Crippen LogP contribution in [0.15, 0.2) is 12.3 Å². The molecule has 108 valence electrons. The number of pyridine rings is 1. The first-order chi connectivity index (χ1) is 9.36. The molecule has 1 unspecified atom stereocenters. The molecule has 2 heterocycles. The number of hydrogen-bond donors (Lipinski definition) is 1. The summed E-state index contributed by atoms with van der Waals surface area (Å²) < 4.78 is 39.7. The average molecular weight is 305 g/mol. The molecule has 3 rings (SSSR count). The van der Waals surface area contributed by atoms with Crippen molar-refractivity contribution in [1.29, 1.82) is 0 Å². The fraction of sp³-hybridized carbons (Fsp3) is 0.500. The van der Waals surface area contributed by atoms with Gasteiger partial charge in [0.2, 0.25) is 0 Å². The van der Waals surface area contributed by atoms with E-state index in [4.69, 9.17) is 17.3 Å². The molecule has 1 aliphatic rings. The van der Waals surface area contributed by atoms with Crippen molar-refractivity contribution in [2.24, 2.45) is 11.7 Å². The van der Waals surface area contributed by atoms with Gasteiger partial charge in [-0.25, -0.2) is 0 Å². The maximum atomic E-state index is 12.8. The molecular weight excluding hydrogens is 293 g/mol. The Morgan fingerprint density at radius 1 is 1.40 bits per heavy atom. The van der Waals surface area contributed by atoms with Crippen molar-refractivity contribution in [3.05, 3.63) is 28.7 Å². The maximum absolute atomic E-state index is 12.8. The number of nitrogens with two attached hydrogens (primary N) is 1. The SMILES string of the molecule is NC(Cc1nnc2c(Cl)cc(C(F)(F)F)cn12)C1CC1. The number of aromatic nitrogens is 3. The first kappa shape index (κ1) is 13.6. The summed E-state index contributed by atoms with van der Waals surface area (Å²) in [6, 6.07) is 0.756. The predicted molar refractivity (Wildman–Crippen MR) is 67.4 cm³/mol. The van der Waals surface area contributed by atoms with E-state index in [-0.39, 0.29) is 16.7 Å². The van der Waals surface area contributed by atoms with E-state index in [9.17, 15) is 13.2 Å². The molecule has 0 radical (unpaired) electrons. The summed E-state index contributed by atoms with van der Waals surface area (Å²) >= 11 is 5.84. The van der Waals surface area contributed by atoms with Crippen LogP contribution in [-0.4, -0.2) is 20.6 Å². The number of hydrogen-bond acceptors (Lipinski definition) is 3. The van der Waals surface area contributed by atoms with Crippen LogP contribution in [0.1, 0.15) is 24.2 Å². The minimum Gasteiger partial charge on any atom is -0.327 e. The topological polar surface area (TPSA) is 56.2 Å². The van der Waals surface area contributed by atoms with Gasteiger partial charge in [-0.05, 0) is 24.8 Å². The lowest BCUT2D eigenvalue weighted by atomic mass is 10.1. The van der Waals surface area contributed by atoms with E-state index < -0.39 is 11.7 Å². The van der Waals surface area contributed by atoms with Crippen LogP contribution < -0.4 is 5.73 Å². The van der Waals surface area contributed by atoms with Crippen molar-refractivity contribution in [2.45, 2.75) is 31.5 Å². The van der Waals surface area contributed by atoms with Crippen LogP contribution >= 0.6 is 11.6 Å². The Morgan fingerprint density at radius 2 is 2.10 bits per heavy atom. The van der Waals surface area contributed by atoms with Gasteiger partial charge in [0, 0.05) is 18.7 Å².